The van der Waals surface area contributed by atoms with Crippen LogP contribution in [0.25, 0.3) is 10.2 Å². The number of benzene rings is 1. The van der Waals surface area contributed by atoms with E-state index in [1.54, 1.807) is 23.1 Å². The van der Waals surface area contributed by atoms with E-state index in [2.05, 4.69) is 4.98 Å². The van der Waals surface area contributed by atoms with Crippen LogP contribution in [0, 0.1) is 0 Å². The maximum atomic E-state index is 9.60. The number of nitrogens with two attached hydrogens (primary N) is 1. The summed E-state index contributed by atoms with van der Waals surface area (Å²) in [6, 6.07) is 5.80. The molecule has 0 amide bonds. The SMILES string of the molecule is CSc1nc2cc(C(O)CN)ccc2s1. The van der Waals surface area contributed by atoms with Crippen molar-refractivity contribution >= 4 is 33.3 Å². The van der Waals surface area contributed by atoms with Crippen LogP contribution in [-0.2, 0) is 0 Å². The number of aliphatic hydroxyl groups excluding tert-OH is 1. The Hall–Kier alpha value is -0.620. The average Bonchev–Trinajstić information content (AvgIpc) is 2.69. The average molecular weight is 240 g/mol. The third-order valence-electron chi connectivity index (χ3n) is 2.17. The Morgan fingerprint density at radius 2 is 2.40 bits per heavy atom. The minimum atomic E-state index is -0.589. The lowest BCUT2D eigenvalue weighted by Gasteiger charge is -2.06. The molecule has 0 saturated carbocycles. The quantitative estimate of drug-likeness (QED) is 0.806. The zero-order valence-corrected chi connectivity index (χ0v) is 9.94. The second-order valence-electron chi connectivity index (χ2n) is 3.16. The van der Waals surface area contributed by atoms with Crippen molar-refractivity contribution in [1.82, 2.24) is 4.98 Å². The second-order valence-corrected chi connectivity index (χ2v) is 5.25. The number of fused-ring (bicyclic) bond motifs is 1. The molecule has 15 heavy (non-hydrogen) atoms. The van der Waals surface area contributed by atoms with Gasteiger partial charge < -0.3 is 10.8 Å². The number of rotatable bonds is 3. The highest BCUT2D eigenvalue weighted by Crippen LogP contribution is 2.29. The molecule has 5 heteroatoms. The van der Waals surface area contributed by atoms with Crippen molar-refractivity contribution in [3.63, 3.8) is 0 Å². The molecule has 0 aliphatic carbocycles. The molecular weight excluding hydrogens is 228 g/mol. The van der Waals surface area contributed by atoms with E-state index in [9.17, 15) is 5.11 Å². The van der Waals surface area contributed by atoms with Gasteiger partial charge >= 0.3 is 0 Å². The summed E-state index contributed by atoms with van der Waals surface area (Å²) in [4.78, 5) is 4.44. The molecule has 1 aromatic heterocycles. The number of nitrogens with zero attached hydrogens (tertiary/aromatic N) is 1. The van der Waals surface area contributed by atoms with Gasteiger partial charge in [-0.2, -0.15) is 0 Å². The van der Waals surface area contributed by atoms with Crippen molar-refractivity contribution in [2.45, 2.75) is 10.4 Å². The van der Waals surface area contributed by atoms with Crippen LogP contribution in [0.4, 0.5) is 0 Å². The van der Waals surface area contributed by atoms with Crippen molar-refractivity contribution in [2.75, 3.05) is 12.8 Å². The van der Waals surface area contributed by atoms with Crippen molar-refractivity contribution < 1.29 is 5.11 Å². The standard InChI is InChI=1S/C10H12N2OS2/c1-14-10-12-7-4-6(8(13)5-11)2-3-9(7)15-10/h2-4,8,13H,5,11H2,1H3. The third kappa shape index (κ3) is 2.15. The highest BCUT2D eigenvalue weighted by Gasteiger charge is 2.08. The van der Waals surface area contributed by atoms with Gasteiger partial charge in [0.15, 0.2) is 4.34 Å². The van der Waals surface area contributed by atoms with Gasteiger partial charge in [-0.05, 0) is 24.0 Å². The summed E-state index contributed by atoms with van der Waals surface area (Å²) in [6.07, 6.45) is 1.42. The van der Waals surface area contributed by atoms with Crippen LogP contribution in [0.2, 0.25) is 0 Å². The summed E-state index contributed by atoms with van der Waals surface area (Å²) >= 11 is 3.30. The van der Waals surface area contributed by atoms with Crippen LogP contribution in [-0.4, -0.2) is 22.9 Å². The largest absolute Gasteiger partial charge is 0.387 e. The molecule has 1 atom stereocenters. The molecule has 0 aliphatic heterocycles. The van der Waals surface area contributed by atoms with E-state index >= 15 is 0 Å². The Kier molecular flexibility index (Phi) is 3.25. The van der Waals surface area contributed by atoms with Crippen LogP contribution < -0.4 is 5.73 Å². The van der Waals surface area contributed by atoms with E-state index in [-0.39, 0.29) is 6.54 Å². The molecule has 1 aromatic carbocycles. The van der Waals surface area contributed by atoms with Crippen molar-refractivity contribution in [3.8, 4) is 0 Å². The lowest BCUT2D eigenvalue weighted by Crippen LogP contribution is -2.11. The van der Waals surface area contributed by atoms with Gasteiger partial charge in [0.25, 0.3) is 0 Å². The van der Waals surface area contributed by atoms with Gasteiger partial charge in [0.2, 0.25) is 0 Å². The van der Waals surface area contributed by atoms with Gasteiger partial charge in [0.1, 0.15) is 0 Å². The van der Waals surface area contributed by atoms with Gasteiger partial charge in [-0.25, -0.2) is 4.98 Å². The van der Waals surface area contributed by atoms with E-state index in [1.807, 2.05) is 24.5 Å². The topological polar surface area (TPSA) is 59.1 Å². The molecular formula is C10H12N2OS2. The maximum absolute atomic E-state index is 9.60. The molecule has 0 aliphatic rings. The summed E-state index contributed by atoms with van der Waals surface area (Å²) in [5, 5.41) is 9.60. The molecule has 3 nitrogen and oxygen atoms in total. The van der Waals surface area contributed by atoms with Crippen molar-refractivity contribution in [3.05, 3.63) is 23.8 Å². The molecule has 1 unspecified atom stereocenters. The fraction of sp³-hybridized carbons (Fsp3) is 0.300. The Labute approximate surface area is 96.3 Å². The molecule has 80 valence electrons. The number of aromatic nitrogens is 1. The maximum Gasteiger partial charge on any atom is 0.150 e. The first kappa shape index (κ1) is 10.9. The smallest absolute Gasteiger partial charge is 0.150 e. The number of hydrogen-bond donors (Lipinski definition) is 2. The number of aliphatic hydroxyl groups is 1. The highest BCUT2D eigenvalue weighted by molar-refractivity contribution is 8.00. The van der Waals surface area contributed by atoms with E-state index in [1.165, 1.54) is 0 Å². The van der Waals surface area contributed by atoms with Gasteiger partial charge in [-0.1, -0.05) is 17.8 Å². The summed E-state index contributed by atoms with van der Waals surface area (Å²) in [5.74, 6) is 0. The van der Waals surface area contributed by atoms with Gasteiger partial charge in [0, 0.05) is 6.54 Å². The second kappa shape index (κ2) is 4.49. The Morgan fingerprint density at radius 3 is 3.07 bits per heavy atom. The van der Waals surface area contributed by atoms with Crippen LogP contribution in [0.5, 0.6) is 0 Å². The van der Waals surface area contributed by atoms with E-state index in [0.29, 0.717) is 0 Å². The minimum absolute atomic E-state index is 0.241. The van der Waals surface area contributed by atoms with Crippen LogP contribution in [0.3, 0.4) is 0 Å². The first-order valence-electron chi connectivity index (χ1n) is 4.57. The van der Waals surface area contributed by atoms with Crippen LogP contribution >= 0.6 is 23.1 Å². The van der Waals surface area contributed by atoms with Gasteiger partial charge in [0.05, 0.1) is 16.3 Å². The number of thioether (sulfide) groups is 1. The number of thiazole rings is 1. The molecule has 2 rings (SSSR count). The monoisotopic (exact) mass is 240 g/mol. The van der Waals surface area contributed by atoms with Gasteiger partial charge in [-0.15, -0.1) is 11.3 Å². The van der Waals surface area contributed by atoms with Crippen LogP contribution in [0.1, 0.15) is 11.7 Å². The minimum Gasteiger partial charge on any atom is -0.387 e. The predicted octanol–water partition coefficient (Wildman–Crippen LogP) is 2.01. The van der Waals surface area contributed by atoms with E-state index in [0.717, 1.165) is 20.1 Å². The first-order chi connectivity index (χ1) is 7.24. The molecule has 0 saturated heterocycles. The molecule has 2 aromatic rings. The first-order valence-corrected chi connectivity index (χ1v) is 6.61. The fourth-order valence-electron chi connectivity index (χ4n) is 1.35. The predicted molar refractivity (Wildman–Crippen MR) is 65.4 cm³/mol. The van der Waals surface area contributed by atoms with Gasteiger partial charge in [-0.3, -0.25) is 0 Å². The Bertz CT molecular complexity index is 469. The molecule has 1 heterocycles. The number of hydrogen-bond acceptors (Lipinski definition) is 5. The molecule has 0 fully saturated rings. The lowest BCUT2D eigenvalue weighted by atomic mass is 10.1. The van der Waals surface area contributed by atoms with E-state index < -0.39 is 6.10 Å². The molecule has 0 spiro atoms. The van der Waals surface area contributed by atoms with E-state index in [4.69, 9.17) is 5.73 Å². The van der Waals surface area contributed by atoms with Crippen molar-refractivity contribution in [1.29, 1.82) is 0 Å². The zero-order chi connectivity index (χ0) is 10.8. The summed E-state index contributed by atoms with van der Waals surface area (Å²) < 4.78 is 2.19. The molecule has 0 bridgehead atoms. The van der Waals surface area contributed by atoms with Crippen molar-refractivity contribution in [2.24, 2.45) is 5.73 Å². The fourth-order valence-corrected chi connectivity index (χ4v) is 2.82. The zero-order valence-electron chi connectivity index (χ0n) is 8.30. The third-order valence-corrected chi connectivity index (χ3v) is 4.20. The Balaban J connectivity index is 2.45. The highest BCUT2D eigenvalue weighted by atomic mass is 32.2. The summed E-state index contributed by atoms with van der Waals surface area (Å²) in [5.41, 5.74) is 7.18. The Morgan fingerprint density at radius 1 is 1.60 bits per heavy atom. The summed E-state index contributed by atoms with van der Waals surface area (Å²) in [7, 11) is 0. The summed E-state index contributed by atoms with van der Waals surface area (Å²) in [6.45, 7) is 0.241. The molecule has 3 N–H and O–H groups in total. The normalized spacial score (nSPS) is 13.3. The molecule has 0 radical (unpaired) electrons. The lowest BCUT2D eigenvalue weighted by molar-refractivity contribution is 0.187. The van der Waals surface area contributed by atoms with Crippen LogP contribution in [0.15, 0.2) is 22.5 Å².